The summed E-state index contributed by atoms with van der Waals surface area (Å²) in [4.78, 5) is 24.9. The van der Waals surface area contributed by atoms with Crippen molar-refractivity contribution in [3.63, 3.8) is 0 Å². The number of hydrazine groups is 1. The van der Waals surface area contributed by atoms with E-state index >= 15 is 0 Å². The minimum absolute atomic E-state index is 0.0284. The molecule has 0 spiro atoms. The average molecular weight is 378 g/mol. The van der Waals surface area contributed by atoms with E-state index in [2.05, 4.69) is 16.0 Å². The fourth-order valence-corrected chi connectivity index (χ4v) is 6.61. The Balaban J connectivity index is 1.24. The quantitative estimate of drug-likeness (QED) is 0.771. The van der Waals surface area contributed by atoms with Gasteiger partial charge < -0.3 is 4.52 Å². The van der Waals surface area contributed by atoms with Crippen molar-refractivity contribution in [2.24, 2.45) is 23.2 Å². The first-order valence-electron chi connectivity index (χ1n) is 9.54. The van der Waals surface area contributed by atoms with Crippen LogP contribution in [0, 0.1) is 37.0 Å². The van der Waals surface area contributed by atoms with E-state index in [1.54, 1.807) is 0 Å². The van der Waals surface area contributed by atoms with Gasteiger partial charge in [0.25, 0.3) is 0 Å². The largest absolute Gasteiger partial charge is 0.361 e. The second-order valence-electron chi connectivity index (χ2n) is 8.50. The summed E-state index contributed by atoms with van der Waals surface area (Å²) >= 11 is 1.50. The standard InChI is InChI=1S/C19H27N3O3S/c1-11-16(12(2)25-22-11)9-26-10-17(23)20-21-18(24)19-6-13-3-14(7-19)5-15(4-13)8-19/h13-15H,3-10H2,1-2H3,(H,20,23)(H,21,24). The lowest BCUT2D eigenvalue weighted by atomic mass is 9.49. The number of aromatic nitrogens is 1. The molecule has 0 unspecified atom stereocenters. The maximum absolute atomic E-state index is 12.8. The van der Waals surface area contributed by atoms with Gasteiger partial charge in [-0.15, -0.1) is 11.8 Å². The van der Waals surface area contributed by atoms with E-state index in [9.17, 15) is 9.59 Å². The van der Waals surface area contributed by atoms with E-state index in [0.29, 0.717) is 29.3 Å². The van der Waals surface area contributed by atoms with Crippen LogP contribution in [0.4, 0.5) is 0 Å². The third-order valence-electron chi connectivity index (χ3n) is 6.50. The highest BCUT2D eigenvalue weighted by molar-refractivity contribution is 7.99. The summed E-state index contributed by atoms with van der Waals surface area (Å²) in [5.41, 5.74) is 7.02. The zero-order chi connectivity index (χ0) is 18.3. The van der Waals surface area contributed by atoms with Crippen LogP contribution in [0.2, 0.25) is 0 Å². The molecule has 142 valence electrons. The molecular formula is C19H27N3O3S. The molecular weight excluding hydrogens is 350 g/mol. The van der Waals surface area contributed by atoms with Gasteiger partial charge in [-0.05, 0) is 70.1 Å². The number of carbonyl (C=O) groups excluding carboxylic acids is 2. The summed E-state index contributed by atoms with van der Waals surface area (Å²) in [5, 5.41) is 3.92. The Labute approximate surface area is 158 Å². The van der Waals surface area contributed by atoms with Crippen LogP contribution in [0.5, 0.6) is 0 Å². The van der Waals surface area contributed by atoms with Gasteiger partial charge in [-0.3, -0.25) is 20.4 Å². The predicted octanol–water partition coefficient (Wildman–Crippen LogP) is 2.89. The predicted molar refractivity (Wildman–Crippen MR) is 99.0 cm³/mol. The Morgan fingerprint density at radius 1 is 1.12 bits per heavy atom. The van der Waals surface area contributed by atoms with E-state index in [1.807, 2.05) is 13.8 Å². The molecule has 1 aromatic rings. The van der Waals surface area contributed by atoms with Crippen LogP contribution >= 0.6 is 11.8 Å². The SMILES string of the molecule is Cc1noc(C)c1CSCC(=O)NNC(=O)C12CC3CC(CC(C3)C1)C2. The van der Waals surface area contributed by atoms with Gasteiger partial charge in [0.05, 0.1) is 16.9 Å². The van der Waals surface area contributed by atoms with E-state index in [0.717, 1.165) is 36.3 Å². The van der Waals surface area contributed by atoms with Crippen molar-refractivity contribution in [2.45, 2.75) is 58.1 Å². The molecule has 0 saturated heterocycles. The first kappa shape index (κ1) is 17.9. The van der Waals surface area contributed by atoms with Crippen molar-refractivity contribution in [1.82, 2.24) is 16.0 Å². The van der Waals surface area contributed by atoms with Crippen LogP contribution in [0.15, 0.2) is 4.52 Å². The number of hydrogen-bond donors (Lipinski definition) is 2. The molecule has 4 aliphatic carbocycles. The Bertz CT molecular complexity index is 660. The number of nitrogens with zero attached hydrogens (tertiary/aromatic N) is 1. The third-order valence-corrected chi connectivity index (χ3v) is 7.46. The highest BCUT2D eigenvalue weighted by Crippen LogP contribution is 2.60. The van der Waals surface area contributed by atoms with Crippen molar-refractivity contribution < 1.29 is 14.1 Å². The van der Waals surface area contributed by atoms with E-state index in [1.165, 1.54) is 31.0 Å². The van der Waals surface area contributed by atoms with Crippen LogP contribution in [0.1, 0.15) is 55.5 Å². The zero-order valence-electron chi connectivity index (χ0n) is 15.5. The summed E-state index contributed by atoms with van der Waals surface area (Å²) in [6.45, 7) is 3.78. The normalized spacial score (nSPS) is 31.8. The van der Waals surface area contributed by atoms with Gasteiger partial charge in [-0.1, -0.05) is 5.16 Å². The van der Waals surface area contributed by atoms with Crippen molar-refractivity contribution in [3.8, 4) is 0 Å². The molecule has 1 heterocycles. The second-order valence-corrected chi connectivity index (χ2v) is 9.48. The van der Waals surface area contributed by atoms with Crippen molar-refractivity contribution in [2.75, 3.05) is 5.75 Å². The number of rotatable bonds is 5. The number of aryl methyl sites for hydroxylation is 2. The molecule has 0 atom stereocenters. The van der Waals surface area contributed by atoms with Gasteiger partial charge in [0, 0.05) is 11.3 Å². The molecule has 4 saturated carbocycles. The molecule has 2 amide bonds. The molecule has 4 aliphatic rings. The first-order valence-corrected chi connectivity index (χ1v) is 10.7. The molecule has 0 aromatic carbocycles. The number of thioether (sulfide) groups is 1. The Morgan fingerprint density at radius 3 is 2.27 bits per heavy atom. The maximum Gasteiger partial charge on any atom is 0.248 e. The van der Waals surface area contributed by atoms with Gasteiger partial charge in [0.15, 0.2) is 0 Å². The average Bonchev–Trinajstić information content (AvgIpc) is 2.90. The van der Waals surface area contributed by atoms with Crippen molar-refractivity contribution in [3.05, 3.63) is 17.0 Å². The lowest BCUT2D eigenvalue weighted by molar-refractivity contribution is -0.148. The lowest BCUT2D eigenvalue weighted by Crippen LogP contribution is -2.56. The van der Waals surface area contributed by atoms with E-state index in [-0.39, 0.29) is 17.2 Å². The molecule has 4 fully saturated rings. The van der Waals surface area contributed by atoms with E-state index < -0.39 is 0 Å². The molecule has 5 rings (SSSR count). The summed E-state index contributed by atoms with van der Waals surface area (Å²) < 4.78 is 5.13. The lowest BCUT2D eigenvalue weighted by Gasteiger charge is -2.55. The van der Waals surface area contributed by atoms with Crippen molar-refractivity contribution in [1.29, 1.82) is 0 Å². The summed E-state index contributed by atoms with van der Waals surface area (Å²) in [7, 11) is 0. The van der Waals surface area contributed by atoms with Crippen molar-refractivity contribution >= 4 is 23.6 Å². The highest BCUT2D eigenvalue weighted by atomic mass is 32.2. The summed E-state index contributed by atoms with van der Waals surface area (Å²) in [5.74, 6) is 3.78. The Kier molecular flexibility index (Phi) is 4.75. The molecule has 7 heteroatoms. The van der Waals surface area contributed by atoms with Crippen LogP contribution in [-0.4, -0.2) is 22.7 Å². The minimum atomic E-state index is -0.230. The van der Waals surface area contributed by atoms with Crippen LogP contribution in [0.3, 0.4) is 0 Å². The van der Waals surface area contributed by atoms with Crippen LogP contribution in [-0.2, 0) is 15.3 Å². The molecule has 1 aromatic heterocycles. The zero-order valence-corrected chi connectivity index (χ0v) is 16.3. The van der Waals surface area contributed by atoms with Gasteiger partial charge in [0.1, 0.15) is 5.76 Å². The first-order chi connectivity index (χ1) is 12.4. The summed E-state index contributed by atoms with van der Waals surface area (Å²) in [6, 6.07) is 0. The molecule has 26 heavy (non-hydrogen) atoms. The highest BCUT2D eigenvalue weighted by Gasteiger charge is 2.54. The monoisotopic (exact) mass is 377 g/mol. The van der Waals surface area contributed by atoms with Crippen LogP contribution in [0.25, 0.3) is 0 Å². The fraction of sp³-hybridized carbons (Fsp3) is 0.737. The smallest absolute Gasteiger partial charge is 0.248 e. The minimum Gasteiger partial charge on any atom is -0.361 e. The summed E-state index contributed by atoms with van der Waals surface area (Å²) in [6.07, 6.45) is 6.91. The van der Waals surface area contributed by atoms with Gasteiger partial charge in [-0.2, -0.15) is 0 Å². The number of amides is 2. The maximum atomic E-state index is 12.8. The second kappa shape index (κ2) is 6.91. The van der Waals surface area contributed by atoms with Gasteiger partial charge >= 0.3 is 0 Å². The third kappa shape index (κ3) is 3.38. The number of nitrogens with one attached hydrogen (secondary N) is 2. The molecule has 6 nitrogen and oxygen atoms in total. The van der Waals surface area contributed by atoms with Gasteiger partial charge in [-0.25, -0.2) is 0 Å². The topological polar surface area (TPSA) is 84.2 Å². The number of carbonyl (C=O) groups is 2. The Morgan fingerprint density at radius 2 is 1.73 bits per heavy atom. The van der Waals surface area contributed by atoms with Crippen LogP contribution < -0.4 is 10.9 Å². The van der Waals surface area contributed by atoms with Gasteiger partial charge in [0.2, 0.25) is 11.8 Å². The molecule has 0 aliphatic heterocycles. The van der Waals surface area contributed by atoms with E-state index in [4.69, 9.17) is 4.52 Å². The molecule has 2 N–H and O–H groups in total. The fourth-order valence-electron chi connectivity index (χ4n) is 5.64. The molecule has 0 radical (unpaired) electrons. The Hall–Kier alpha value is -1.50. The number of hydrogen-bond acceptors (Lipinski definition) is 5. The molecule has 4 bridgehead atoms.